The van der Waals surface area contributed by atoms with E-state index in [0.29, 0.717) is 23.6 Å². The average molecular weight is 401 g/mol. The first kappa shape index (κ1) is 20.0. The van der Waals surface area contributed by atoms with Crippen molar-refractivity contribution >= 4 is 17.3 Å². The fraction of sp³-hybridized carbons (Fsp3) is 0.150. The molecule has 0 spiro atoms. The number of methoxy groups -OCH3 is 1. The van der Waals surface area contributed by atoms with Gasteiger partial charge >= 0.3 is 12.6 Å². The number of aromatic carboxylic acids is 1. The van der Waals surface area contributed by atoms with E-state index in [0.717, 1.165) is 0 Å². The number of carbonyl (C=O) groups is 1. The van der Waals surface area contributed by atoms with Gasteiger partial charge in [0.05, 0.1) is 31.1 Å². The first-order valence-electron chi connectivity index (χ1n) is 8.46. The van der Waals surface area contributed by atoms with Gasteiger partial charge in [0, 0.05) is 29.8 Å². The van der Waals surface area contributed by atoms with Gasteiger partial charge in [-0.15, -0.1) is 0 Å². The van der Waals surface area contributed by atoms with Gasteiger partial charge in [-0.2, -0.15) is 8.78 Å². The first-order valence-corrected chi connectivity index (χ1v) is 8.46. The highest BCUT2D eigenvalue weighted by molar-refractivity contribution is 5.88. The Balaban J connectivity index is 2.01. The summed E-state index contributed by atoms with van der Waals surface area (Å²) in [6.45, 7) is -2.67. The molecule has 0 aliphatic rings. The fourth-order valence-corrected chi connectivity index (χ4v) is 2.71. The van der Waals surface area contributed by atoms with Crippen molar-refractivity contribution in [3.63, 3.8) is 0 Å². The van der Waals surface area contributed by atoms with Crippen LogP contribution in [0.4, 0.5) is 20.2 Å². The van der Waals surface area contributed by atoms with Crippen LogP contribution in [0, 0.1) is 0 Å². The van der Waals surface area contributed by atoms with Crippen LogP contribution in [0.3, 0.4) is 0 Å². The molecule has 9 heteroatoms. The normalized spacial score (nSPS) is 10.6. The van der Waals surface area contributed by atoms with Crippen LogP contribution in [0.15, 0.2) is 61.1 Å². The molecule has 0 saturated heterocycles. The van der Waals surface area contributed by atoms with Crippen LogP contribution < -0.4 is 14.4 Å². The minimum absolute atomic E-state index is 0.0908. The molecular formula is C20H17F2N3O4. The predicted molar refractivity (Wildman–Crippen MR) is 101 cm³/mol. The van der Waals surface area contributed by atoms with E-state index in [1.54, 1.807) is 42.9 Å². The third kappa shape index (κ3) is 4.95. The Kier molecular flexibility index (Phi) is 6.18. The monoisotopic (exact) mass is 401 g/mol. The molecule has 29 heavy (non-hydrogen) atoms. The fourth-order valence-electron chi connectivity index (χ4n) is 2.71. The second-order valence-corrected chi connectivity index (χ2v) is 5.85. The highest BCUT2D eigenvalue weighted by atomic mass is 19.3. The van der Waals surface area contributed by atoms with Crippen LogP contribution in [-0.4, -0.2) is 34.8 Å². The summed E-state index contributed by atoms with van der Waals surface area (Å²) >= 11 is 0. The molecule has 0 fully saturated rings. The number of ether oxygens (including phenoxy) is 2. The lowest BCUT2D eigenvalue weighted by Crippen LogP contribution is -2.18. The molecule has 1 N–H and O–H groups in total. The molecule has 0 radical (unpaired) electrons. The van der Waals surface area contributed by atoms with Crippen molar-refractivity contribution in [3.8, 4) is 11.5 Å². The molecular weight excluding hydrogens is 384 g/mol. The predicted octanol–water partition coefficient (Wildman–Crippen LogP) is 4.12. The van der Waals surface area contributed by atoms with Crippen molar-refractivity contribution in [2.45, 2.75) is 13.2 Å². The Bertz CT molecular complexity index is 969. The molecule has 7 nitrogen and oxygen atoms in total. The Morgan fingerprint density at radius 2 is 1.83 bits per heavy atom. The highest BCUT2D eigenvalue weighted by Crippen LogP contribution is 2.36. The van der Waals surface area contributed by atoms with Crippen molar-refractivity contribution in [2.24, 2.45) is 0 Å². The zero-order valence-electron chi connectivity index (χ0n) is 15.3. The lowest BCUT2D eigenvalue weighted by molar-refractivity contribution is -0.0512. The zero-order chi connectivity index (χ0) is 20.8. The third-order valence-electron chi connectivity index (χ3n) is 4.04. The van der Waals surface area contributed by atoms with Crippen LogP contribution in [0.1, 0.15) is 16.1 Å². The summed E-state index contributed by atoms with van der Waals surface area (Å²) in [4.78, 5) is 21.3. The van der Waals surface area contributed by atoms with Crippen LogP contribution in [0.5, 0.6) is 11.5 Å². The van der Waals surface area contributed by atoms with E-state index < -0.39 is 12.6 Å². The molecule has 1 aromatic heterocycles. The van der Waals surface area contributed by atoms with E-state index in [1.165, 1.54) is 25.3 Å². The minimum atomic E-state index is -2.98. The molecule has 3 rings (SSSR count). The van der Waals surface area contributed by atoms with Gasteiger partial charge in [-0.3, -0.25) is 9.97 Å². The second kappa shape index (κ2) is 8.96. The number of nitrogens with zero attached hydrogens (tertiary/aromatic N) is 3. The van der Waals surface area contributed by atoms with Gasteiger partial charge in [0.25, 0.3) is 0 Å². The topological polar surface area (TPSA) is 84.8 Å². The lowest BCUT2D eigenvalue weighted by atomic mass is 10.1. The second-order valence-electron chi connectivity index (χ2n) is 5.85. The first-order chi connectivity index (χ1) is 14.0. The van der Waals surface area contributed by atoms with Crippen molar-refractivity contribution in [1.82, 2.24) is 9.97 Å². The Morgan fingerprint density at radius 1 is 1.10 bits per heavy atom. The summed E-state index contributed by atoms with van der Waals surface area (Å²) in [5, 5.41) is 9.11. The van der Waals surface area contributed by atoms with Gasteiger partial charge in [0.15, 0.2) is 11.5 Å². The largest absolute Gasteiger partial charge is 0.493 e. The van der Waals surface area contributed by atoms with Crippen molar-refractivity contribution < 1.29 is 28.2 Å². The van der Waals surface area contributed by atoms with Crippen LogP contribution in [-0.2, 0) is 6.54 Å². The van der Waals surface area contributed by atoms with Crippen molar-refractivity contribution in [1.29, 1.82) is 0 Å². The third-order valence-corrected chi connectivity index (χ3v) is 4.04. The van der Waals surface area contributed by atoms with E-state index in [2.05, 4.69) is 14.7 Å². The number of alkyl halides is 2. The number of rotatable bonds is 8. The zero-order valence-corrected chi connectivity index (χ0v) is 15.3. The molecule has 0 atom stereocenters. The van der Waals surface area contributed by atoms with E-state index in [9.17, 15) is 13.6 Å². The molecule has 0 aliphatic carbocycles. The maximum Gasteiger partial charge on any atom is 0.387 e. The summed E-state index contributed by atoms with van der Waals surface area (Å²) in [6, 6.07) is 10.8. The van der Waals surface area contributed by atoms with Crippen molar-refractivity contribution in [2.75, 3.05) is 12.0 Å². The van der Waals surface area contributed by atoms with Crippen LogP contribution in [0.2, 0.25) is 0 Å². The number of anilines is 2. The number of hydrogen-bond acceptors (Lipinski definition) is 6. The van der Waals surface area contributed by atoms with Gasteiger partial charge < -0.3 is 19.5 Å². The Morgan fingerprint density at radius 3 is 2.41 bits per heavy atom. The number of carboxylic acid groups (broad SMARTS) is 1. The van der Waals surface area contributed by atoms with Crippen molar-refractivity contribution in [3.05, 3.63) is 72.3 Å². The molecule has 0 bridgehead atoms. The van der Waals surface area contributed by atoms with Crippen LogP contribution in [0.25, 0.3) is 0 Å². The number of hydrogen-bond donors (Lipinski definition) is 1. The van der Waals surface area contributed by atoms with Gasteiger partial charge in [-0.1, -0.05) is 0 Å². The molecule has 0 amide bonds. The molecule has 150 valence electrons. The standard InChI is InChI=1S/C20H17F2N3O4/c1-28-18-10-16(6-7-17(18)29-20(21)22)25(12-14-11-23-8-9-24-14)15-4-2-13(3-5-15)19(26)27/h2-11,20H,12H2,1H3,(H,26,27). The van der Waals surface area contributed by atoms with E-state index in [-0.39, 0.29) is 17.1 Å². The highest BCUT2D eigenvalue weighted by Gasteiger charge is 2.17. The average Bonchev–Trinajstić information content (AvgIpc) is 2.73. The minimum Gasteiger partial charge on any atom is -0.493 e. The van der Waals surface area contributed by atoms with Crippen LogP contribution >= 0.6 is 0 Å². The van der Waals surface area contributed by atoms with Gasteiger partial charge in [0.2, 0.25) is 0 Å². The molecule has 3 aromatic rings. The van der Waals surface area contributed by atoms with E-state index in [1.807, 2.05) is 4.90 Å². The summed E-state index contributed by atoms with van der Waals surface area (Å²) in [6.07, 6.45) is 4.71. The van der Waals surface area contributed by atoms with Gasteiger partial charge in [0.1, 0.15) is 0 Å². The molecule has 1 heterocycles. The van der Waals surface area contributed by atoms with Gasteiger partial charge in [-0.05, 0) is 36.4 Å². The van der Waals surface area contributed by atoms with E-state index in [4.69, 9.17) is 9.84 Å². The summed E-state index contributed by atoms with van der Waals surface area (Å²) in [5.41, 5.74) is 2.08. The number of halogens is 2. The summed E-state index contributed by atoms with van der Waals surface area (Å²) < 4.78 is 34.9. The quantitative estimate of drug-likeness (QED) is 0.608. The molecule has 2 aromatic carbocycles. The van der Waals surface area contributed by atoms with Gasteiger partial charge in [-0.25, -0.2) is 4.79 Å². The summed E-state index contributed by atoms with van der Waals surface area (Å²) in [5.74, 6) is -0.992. The smallest absolute Gasteiger partial charge is 0.387 e. The Labute approximate surface area is 165 Å². The number of carboxylic acids is 1. The number of aromatic nitrogens is 2. The number of benzene rings is 2. The molecule has 0 saturated carbocycles. The SMILES string of the molecule is COc1cc(N(Cc2cnccn2)c2ccc(C(=O)O)cc2)ccc1OC(F)F. The maximum atomic E-state index is 12.6. The Hall–Kier alpha value is -3.75. The molecule has 0 aliphatic heterocycles. The lowest BCUT2D eigenvalue weighted by Gasteiger charge is -2.25. The molecule has 0 unspecified atom stereocenters. The summed E-state index contributed by atoms with van der Waals surface area (Å²) in [7, 11) is 1.35. The maximum absolute atomic E-state index is 12.6. The van der Waals surface area contributed by atoms with E-state index >= 15 is 0 Å².